The van der Waals surface area contributed by atoms with Crippen LogP contribution in [0.5, 0.6) is 0 Å². The molecule has 0 heterocycles. The lowest BCUT2D eigenvalue weighted by molar-refractivity contribution is 0.00750. The molecule has 0 unspecified atom stereocenters. The molecule has 22 heavy (non-hydrogen) atoms. The van der Waals surface area contributed by atoms with Gasteiger partial charge >= 0.3 is 0 Å². The molecule has 2 heteroatoms. The van der Waals surface area contributed by atoms with Crippen LogP contribution in [0.4, 0.5) is 0 Å². The van der Waals surface area contributed by atoms with Crippen LogP contribution in [-0.2, 0) is 6.42 Å². The minimum atomic E-state index is -0.784. The quantitative estimate of drug-likeness (QED) is 0.481. The lowest BCUT2D eigenvalue weighted by Crippen LogP contribution is -2.25. The van der Waals surface area contributed by atoms with Crippen LogP contribution in [0, 0.1) is 0 Å². The molecule has 0 aliphatic heterocycles. The Bertz CT molecular complexity index is 1000. The molecule has 0 bridgehead atoms. The number of aliphatic hydroxyl groups is 2. The van der Waals surface area contributed by atoms with Crippen molar-refractivity contribution in [2.45, 2.75) is 25.0 Å². The average Bonchev–Trinajstić information content (AvgIpc) is 2.55. The van der Waals surface area contributed by atoms with Crippen LogP contribution in [0.2, 0.25) is 0 Å². The van der Waals surface area contributed by atoms with Gasteiger partial charge in [-0.2, -0.15) is 0 Å². The summed E-state index contributed by atoms with van der Waals surface area (Å²) in [6, 6.07) is 17.1. The zero-order chi connectivity index (χ0) is 14.8. The van der Waals surface area contributed by atoms with Crippen molar-refractivity contribution in [2.75, 3.05) is 0 Å². The van der Waals surface area contributed by atoms with Gasteiger partial charge < -0.3 is 10.2 Å². The fourth-order valence-corrected chi connectivity index (χ4v) is 4.10. The van der Waals surface area contributed by atoms with Gasteiger partial charge in [0.05, 0.1) is 6.10 Å². The molecule has 0 saturated heterocycles. The zero-order valence-electron chi connectivity index (χ0n) is 12.1. The van der Waals surface area contributed by atoms with Gasteiger partial charge in [-0.25, -0.2) is 0 Å². The third-order valence-corrected chi connectivity index (χ3v) is 5.14. The molecule has 1 aliphatic carbocycles. The third kappa shape index (κ3) is 1.46. The number of hydrogen-bond acceptors (Lipinski definition) is 2. The molecule has 0 amide bonds. The Morgan fingerprint density at radius 2 is 1.55 bits per heavy atom. The van der Waals surface area contributed by atoms with E-state index in [0.29, 0.717) is 6.42 Å². The summed E-state index contributed by atoms with van der Waals surface area (Å²) in [5.74, 6) is 0. The predicted molar refractivity (Wildman–Crippen MR) is 89.4 cm³/mol. The SMILES string of the molecule is O[C@@H]1c2c(cc3ccc4cccc5ccc2c3c45)CC[C@@H]1O. The molecule has 0 saturated carbocycles. The van der Waals surface area contributed by atoms with Gasteiger partial charge in [0.2, 0.25) is 0 Å². The van der Waals surface area contributed by atoms with E-state index in [9.17, 15) is 10.2 Å². The van der Waals surface area contributed by atoms with E-state index in [1.54, 1.807) is 0 Å². The number of aliphatic hydroxyl groups excluding tert-OH is 2. The van der Waals surface area contributed by atoms with Crippen LogP contribution in [0.15, 0.2) is 48.5 Å². The smallest absolute Gasteiger partial charge is 0.106 e. The topological polar surface area (TPSA) is 40.5 Å². The van der Waals surface area contributed by atoms with Gasteiger partial charge in [-0.3, -0.25) is 0 Å². The molecule has 4 aromatic rings. The Labute approximate surface area is 127 Å². The summed E-state index contributed by atoms with van der Waals surface area (Å²) in [6.07, 6.45) is 0.00498. The summed E-state index contributed by atoms with van der Waals surface area (Å²) in [5.41, 5.74) is 2.09. The van der Waals surface area contributed by atoms with Crippen LogP contribution in [0.25, 0.3) is 32.3 Å². The van der Waals surface area contributed by atoms with Gasteiger partial charge in [-0.15, -0.1) is 0 Å². The van der Waals surface area contributed by atoms with Crippen LogP contribution in [0.1, 0.15) is 23.7 Å². The zero-order valence-corrected chi connectivity index (χ0v) is 12.1. The Morgan fingerprint density at radius 3 is 2.36 bits per heavy atom. The molecule has 1 aliphatic rings. The van der Waals surface area contributed by atoms with E-state index in [1.807, 2.05) is 0 Å². The van der Waals surface area contributed by atoms with E-state index in [1.165, 1.54) is 32.5 Å². The van der Waals surface area contributed by atoms with E-state index in [2.05, 4.69) is 48.5 Å². The average molecular weight is 288 g/mol. The van der Waals surface area contributed by atoms with Crippen LogP contribution >= 0.6 is 0 Å². The molecular formula is C20H16O2. The molecule has 2 nitrogen and oxygen atoms in total. The molecule has 2 N–H and O–H groups in total. The van der Waals surface area contributed by atoms with Crippen molar-refractivity contribution < 1.29 is 10.2 Å². The second-order valence-electron chi connectivity index (χ2n) is 6.36. The number of aryl methyl sites for hydroxylation is 1. The molecule has 4 aromatic carbocycles. The second-order valence-corrected chi connectivity index (χ2v) is 6.36. The van der Waals surface area contributed by atoms with Gasteiger partial charge in [0, 0.05) is 0 Å². The van der Waals surface area contributed by atoms with Gasteiger partial charge in [0.15, 0.2) is 0 Å². The fraction of sp³-hybridized carbons (Fsp3) is 0.200. The van der Waals surface area contributed by atoms with Gasteiger partial charge in [-0.1, -0.05) is 48.5 Å². The van der Waals surface area contributed by atoms with Crippen molar-refractivity contribution in [1.29, 1.82) is 0 Å². The fourth-order valence-electron chi connectivity index (χ4n) is 4.10. The number of hydrogen-bond donors (Lipinski definition) is 2. The maximum Gasteiger partial charge on any atom is 0.106 e. The second kappa shape index (κ2) is 4.19. The largest absolute Gasteiger partial charge is 0.390 e. The summed E-state index contributed by atoms with van der Waals surface area (Å²) >= 11 is 0. The van der Waals surface area contributed by atoms with Crippen LogP contribution in [0.3, 0.4) is 0 Å². The Kier molecular flexibility index (Phi) is 2.36. The van der Waals surface area contributed by atoms with Gasteiger partial charge in [-0.05, 0) is 56.3 Å². The van der Waals surface area contributed by atoms with E-state index in [-0.39, 0.29) is 0 Å². The van der Waals surface area contributed by atoms with Gasteiger partial charge in [0.25, 0.3) is 0 Å². The highest BCUT2D eigenvalue weighted by Gasteiger charge is 2.29. The van der Waals surface area contributed by atoms with E-state index in [0.717, 1.165) is 17.4 Å². The van der Waals surface area contributed by atoms with E-state index in [4.69, 9.17) is 0 Å². The minimum Gasteiger partial charge on any atom is -0.390 e. The minimum absolute atomic E-state index is 0.627. The molecule has 108 valence electrons. The monoisotopic (exact) mass is 288 g/mol. The Hall–Kier alpha value is -2.16. The molecule has 0 radical (unpaired) electrons. The third-order valence-electron chi connectivity index (χ3n) is 5.14. The number of fused-ring (bicyclic) bond motifs is 2. The highest BCUT2D eigenvalue weighted by molar-refractivity contribution is 6.23. The summed E-state index contributed by atoms with van der Waals surface area (Å²) in [4.78, 5) is 0. The summed E-state index contributed by atoms with van der Waals surface area (Å²) < 4.78 is 0. The maximum absolute atomic E-state index is 10.5. The summed E-state index contributed by atoms with van der Waals surface area (Å²) in [5, 5.41) is 27.8. The van der Waals surface area contributed by atoms with Crippen LogP contribution in [-0.4, -0.2) is 16.3 Å². The summed E-state index contributed by atoms with van der Waals surface area (Å²) in [6.45, 7) is 0. The molecule has 5 rings (SSSR count). The first kappa shape index (κ1) is 12.4. The van der Waals surface area contributed by atoms with Crippen LogP contribution < -0.4 is 0 Å². The van der Waals surface area contributed by atoms with Crippen molar-refractivity contribution in [1.82, 2.24) is 0 Å². The molecular weight excluding hydrogens is 272 g/mol. The number of rotatable bonds is 0. The molecule has 0 aromatic heterocycles. The lowest BCUT2D eigenvalue weighted by atomic mass is 9.81. The number of benzene rings is 4. The molecule has 0 spiro atoms. The molecule has 0 fully saturated rings. The van der Waals surface area contributed by atoms with Crippen molar-refractivity contribution in [3.05, 3.63) is 59.7 Å². The first-order valence-corrected chi connectivity index (χ1v) is 7.79. The standard InChI is InChI=1S/C20H16O2/c21-16-9-7-14-10-13-5-4-11-2-1-3-12-6-8-15(18(13)17(11)12)19(14)20(16)22/h1-6,8,10,16,20-22H,7,9H2/t16-,20-/m0/s1. The Morgan fingerprint density at radius 1 is 0.818 bits per heavy atom. The van der Waals surface area contributed by atoms with Crippen molar-refractivity contribution in [3.8, 4) is 0 Å². The lowest BCUT2D eigenvalue weighted by Gasteiger charge is -2.29. The van der Waals surface area contributed by atoms with E-state index >= 15 is 0 Å². The normalized spacial score (nSPS) is 21.7. The first-order chi connectivity index (χ1) is 10.7. The first-order valence-electron chi connectivity index (χ1n) is 7.79. The highest BCUT2D eigenvalue weighted by Crippen LogP contribution is 2.42. The Balaban J connectivity index is 2.04. The highest BCUT2D eigenvalue weighted by atomic mass is 16.3. The molecule has 2 atom stereocenters. The maximum atomic E-state index is 10.5. The summed E-state index contributed by atoms with van der Waals surface area (Å²) in [7, 11) is 0. The van der Waals surface area contributed by atoms with Gasteiger partial charge in [0.1, 0.15) is 6.10 Å². The predicted octanol–water partition coefficient (Wildman–Crippen LogP) is 3.92. The van der Waals surface area contributed by atoms with E-state index < -0.39 is 12.2 Å². The van der Waals surface area contributed by atoms with Crippen molar-refractivity contribution >= 4 is 32.3 Å². The van der Waals surface area contributed by atoms with Crippen molar-refractivity contribution in [3.63, 3.8) is 0 Å². The van der Waals surface area contributed by atoms with Crippen molar-refractivity contribution in [2.24, 2.45) is 0 Å².